The number of pyridine rings is 1. The van der Waals surface area contributed by atoms with Crippen molar-refractivity contribution in [3.8, 4) is 0 Å². The maximum atomic E-state index is 11.3. The molecule has 1 aromatic heterocycles. The molecule has 0 aromatic carbocycles. The molecule has 1 heterocycles. The maximum absolute atomic E-state index is 11.3. The Morgan fingerprint density at radius 1 is 1.62 bits per heavy atom. The van der Waals surface area contributed by atoms with E-state index in [0.29, 0.717) is 10.6 Å². The van der Waals surface area contributed by atoms with Gasteiger partial charge < -0.3 is 4.74 Å². The van der Waals surface area contributed by atoms with Crippen LogP contribution in [0, 0.1) is 6.92 Å². The molecule has 70 valence electrons. The highest BCUT2D eigenvalue weighted by molar-refractivity contribution is 7.98. The summed E-state index contributed by atoms with van der Waals surface area (Å²) in [7, 11) is 1.37. The topological polar surface area (TPSA) is 39.2 Å². The van der Waals surface area contributed by atoms with E-state index in [1.807, 2.05) is 13.2 Å². The molecule has 4 heteroatoms. The van der Waals surface area contributed by atoms with Gasteiger partial charge in [0.1, 0.15) is 5.03 Å². The van der Waals surface area contributed by atoms with Crippen LogP contribution >= 0.6 is 11.8 Å². The molecule has 0 saturated carbocycles. The lowest BCUT2D eigenvalue weighted by Gasteiger charge is -2.04. The molecular weight excluding hydrogens is 186 g/mol. The molecule has 13 heavy (non-hydrogen) atoms. The van der Waals surface area contributed by atoms with E-state index in [1.165, 1.54) is 18.9 Å². The van der Waals surface area contributed by atoms with Gasteiger partial charge in [-0.1, -0.05) is 0 Å². The molecular formula is C9H11NO2S. The van der Waals surface area contributed by atoms with Gasteiger partial charge in [-0.25, -0.2) is 9.78 Å². The smallest absolute Gasteiger partial charge is 0.340 e. The molecule has 1 rings (SSSR count). The predicted octanol–water partition coefficient (Wildman–Crippen LogP) is 1.90. The monoisotopic (exact) mass is 197 g/mol. The first kappa shape index (κ1) is 10.1. The number of methoxy groups -OCH3 is 1. The standard InChI is InChI=1S/C9H11NO2S/c1-6-4-7(9(11)12-2)8(13-3)10-5-6/h4-5H,1-3H3. The second-order valence-electron chi connectivity index (χ2n) is 2.56. The highest BCUT2D eigenvalue weighted by atomic mass is 32.2. The van der Waals surface area contributed by atoms with Crippen molar-refractivity contribution < 1.29 is 9.53 Å². The van der Waals surface area contributed by atoms with Crippen LogP contribution in [0.15, 0.2) is 17.3 Å². The van der Waals surface area contributed by atoms with Crippen molar-refractivity contribution in [1.29, 1.82) is 0 Å². The lowest BCUT2D eigenvalue weighted by molar-refractivity contribution is 0.0595. The molecule has 0 N–H and O–H groups in total. The number of aromatic nitrogens is 1. The van der Waals surface area contributed by atoms with Crippen LogP contribution in [0.3, 0.4) is 0 Å². The zero-order valence-electron chi connectivity index (χ0n) is 7.83. The Labute approximate surface area is 81.5 Å². The first-order valence-corrected chi connectivity index (χ1v) is 5.00. The highest BCUT2D eigenvalue weighted by Crippen LogP contribution is 2.18. The normalized spacial score (nSPS) is 9.77. The summed E-state index contributed by atoms with van der Waals surface area (Å²) in [4.78, 5) is 15.4. The number of carbonyl (C=O) groups is 1. The number of esters is 1. The summed E-state index contributed by atoms with van der Waals surface area (Å²) in [5.41, 5.74) is 1.49. The van der Waals surface area contributed by atoms with Gasteiger partial charge in [0.2, 0.25) is 0 Å². The van der Waals surface area contributed by atoms with Crippen molar-refractivity contribution in [1.82, 2.24) is 4.98 Å². The van der Waals surface area contributed by atoms with E-state index in [9.17, 15) is 4.79 Å². The number of hydrogen-bond donors (Lipinski definition) is 0. The van der Waals surface area contributed by atoms with E-state index >= 15 is 0 Å². The van der Waals surface area contributed by atoms with E-state index in [4.69, 9.17) is 0 Å². The molecule has 0 radical (unpaired) electrons. The third-order valence-electron chi connectivity index (χ3n) is 1.59. The number of ether oxygens (including phenoxy) is 1. The number of carbonyl (C=O) groups excluding carboxylic acids is 1. The van der Waals surface area contributed by atoms with Crippen LogP contribution < -0.4 is 0 Å². The molecule has 0 unspecified atom stereocenters. The summed E-state index contributed by atoms with van der Waals surface area (Å²) in [6, 6.07) is 1.78. The lowest BCUT2D eigenvalue weighted by atomic mass is 10.2. The van der Waals surface area contributed by atoms with Crippen LogP contribution in [0.25, 0.3) is 0 Å². The maximum Gasteiger partial charge on any atom is 0.340 e. The van der Waals surface area contributed by atoms with E-state index in [0.717, 1.165) is 5.56 Å². The van der Waals surface area contributed by atoms with Gasteiger partial charge in [-0.15, -0.1) is 11.8 Å². The highest BCUT2D eigenvalue weighted by Gasteiger charge is 2.12. The zero-order valence-corrected chi connectivity index (χ0v) is 8.64. The molecule has 0 atom stereocenters. The van der Waals surface area contributed by atoms with Crippen LogP contribution in [0.1, 0.15) is 15.9 Å². The number of nitrogens with zero attached hydrogens (tertiary/aromatic N) is 1. The number of thioether (sulfide) groups is 1. The summed E-state index contributed by atoms with van der Waals surface area (Å²) in [5, 5.41) is 0.706. The third-order valence-corrected chi connectivity index (χ3v) is 2.30. The summed E-state index contributed by atoms with van der Waals surface area (Å²) < 4.78 is 4.64. The first-order valence-electron chi connectivity index (χ1n) is 3.78. The van der Waals surface area contributed by atoms with Gasteiger partial charge in [-0.2, -0.15) is 0 Å². The second kappa shape index (κ2) is 4.28. The molecule has 0 amide bonds. The first-order chi connectivity index (χ1) is 6.19. The zero-order chi connectivity index (χ0) is 9.84. The number of rotatable bonds is 2. The van der Waals surface area contributed by atoms with Gasteiger partial charge in [-0.3, -0.25) is 0 Å². The van der Waals surface area contributed by atoms with Crippen molar-refractivity contribution in [2.45, 2.75) is 11.9 Å². The van der Waals surface area contributed by atoms with Crippen LogP contribution in [0.4, 0.5) is 0 Å². The summed E-state index contributed by atoms with van der Waals surface area (Å²) >= 11 is 1.44. The quantitative estimate of drug-likeness (QED) is 0.536. The van der Waals surface area contributed by atoms with E-state index in [-0.39, 0.29) is 5.97 Å². The fourth-order valence-corrected chi connectivity index (χ4v) is 1.50. The third kappa shape index (κ3) is 2.21. The Balaban J connectivity index is 3.15. The fraction of sp³-hybridized carbons (Fsp3) is 0.333. The molecule has 0 spiro atoms. The van der Waals surface area contributed by atoms with Crippen molar-refractivity contribution in [2.24, 2.45) is 0 Å². The SMILES string of the molecule is COC(=O)c1cc(C)cnc1SC. The Kier molecular flexibility index (Phi) is 3.31. The van der Waals surface area contributed by atoms with Gasteiger partial charge >= 0.3 is 5.97 Å². The Morgan fingerprint density at radius 3 is 2.85 bits per heavy atom. The van der Waals surface area contributed by atoms with Crippen molar-refractivity contribution in [3.63, 3.8) is 0 Å². The minimum Gasteiger partial charge on any atom is -0.465 e. The molecule has 0 aliphatic rings. The average molecular weight is 197 g/mol. The number of hydrogen-bond acceptors (Lipinski definition) is 4. The molecule has 0 aliphatic heterocycles. The fourth-order valence-electron chi connectivity index (χ4n) is 0.976. The lowest BCUT2D eigenvalue weighted by Crippen LogP contribution is -2.04. The van der Waals surface area contributed by atoms with E-state index in [1.54, 1.807) is 12.3 Å². The van der Waals surface area contributed by atoms with Crippen LogP contribution in [0.5, 0.6) is 0 Å². The van der Waals surface area contributed by atoms with Crippen LogP contribution in [0.2, 0.25) is 0 Å². The largest absolute Gasteiger partial charge is 0.465 e. The average Bonchev–Trinajstić information content (AvgIpc) is 2.16. The minimum atomic E-state index is -0.333. The van der Waals surface area contributed by atoms with Crippen molar-refractivity contribution in [3.05, 3.63) is 23.4 Å². The summed E-state index contributed by atoms with van der Waals surface area (Å²) in [6.45, 7) is 1.89. The van der Waals surface area contributed by atoms with Crippen molar-refractivity contribution >= 4 is 17.7 Å². The summed E-state index contributed by atoms with van der Waals surface area (Å²) in [5.74, 6) is -0.333. The Morgan fingerprint density at radius 2 is 2.31 bits per heavy atom. The second-order valence-corrected chi connectivity index (χ2v) is 3.36. The Hall–Kier alpha value is -1.03. The van der Waals surface area contributed by atoms with Gasteiger partial charge in [0, 0.05) is 6.20 Å². The van der Waals surface area contributed by atoms with Gasteiger partial charge in [0.25, 0.3) is 0 Å². The molecule has 0 saturated heterocycles. The molecule has 0 bridgehead atoms. The van der Waals surface area contributed by atoms with Crippen molar-refractivity contribution in [2.75, 3.05) is 13.4 Å². The molecule has 1 aromatic rings. The van der Waals surface area contributed by atoms with E-state index < -0.39 is 0 Å². The molecule has 0 aliphatic carbocycles. The predicted molar refractivity (Wildman–Crippen MR) is 52.1 cm³/mol. The van der Waals surface area contributed by atoms with Gasteiger partial charge in [0.15, 0.2) is 0 Å². The Bertz CT molecular complexity index is 325. The van der Waals surface area contributed by atoms with Crippen LogP contribution in [-0.2, 0) is 4.74 Å². The number of aryl methyl sites for hydroxylation is 1. The molecule has 0 fully saturated rings. The van der Waals surface area contributed by atoms with E-state index in [2.05, 4.69) is 9.72 Å². The minimum absolute atomic E-state index is 0.333. The summed E-state index contributed by atoms with van der Waals surface area (Å²) in [6.07, 6.45) is 3.61. The van der Waals surface area contributed by atoms with Crippen LogP contribution in [-0.4, -0.2) is 24.3 Å². The van der Waals surface area contributed by atoms with Gasteiger partial charge in [-0.05, 0) is 24.8 Å². The molecule has 3 nitrogen and oxygen atoms in total. The van der Waals surface area contributed by atoms with Gasteiger partial charge in [0.05, 0.1) is 12.7 Å².